The number of hydrogen-bond donors (Lipinski definition) is 2. The minimum absolute atomic E-state index is 0.567. The van der Waals surface area contributed by atoms with E-state index in [4.69, 9.17) is 10.8 Å². The zero-order valence-corrected chi connectivity index (χ0v) is 6.02. The monoisotopic (exact) mass is 97.1 g/mol. The van der Waals surface area contributed by atoms with Crippen LogP contribution in [0.5, 0.6) is 0 Å². The van der Waals surface area contributed by atoms with Gasteiger partial charge in [-0.3, -0.25) is 0 Å². The van der Waals surface area contributed by atoms with E-state index in [0.29, 0.717) is 0 Å². The van der Waals surface area contributed by atoms with E-state index < -0.39 is 6.23 Å². The van der Waals surface area contributed by atoms with Crippen molar-refractivity contribution in [2.75, 3.05) is 0 Å². The van der Waals surface area contributed by atoms with Crippen LogP contribution in [-0.4, -0.2) is 39.3 Å². The van der Waals surface area contributed by atoms with Gasteiger partial charge in [0.25, 0.3) is 0 Å². The van der Waals surface area contributed by atoms with Gasteiger partial charge >= 0.3 is 55.1 Å². The summed E-state index contributed by atoms with van der Waals surface area (Å²) in [5.74, 6) is 0. The number of aliphatic hydroxyl groups is 1. The average Bonchev–Trinajstić information content (AvgIpc) is 1.35. The Bertz CT molecular complexity index is 32.0. The van der Waals surface area contributed by atoms with Gasteiger partial charge in [0.05, 0.1) is 0 Å². The van der Waals surface area contributed by atoms with Crippen LogP contribution in [0.15, 0.2) is 0 Å². The summed E-state index contributed by atoms with van der Waals surface area (Å²) in [6, 6.07) is 0. The number of hydrogen-bond acceptors (Lipinski definition) is 2. The van der Waals surface area contributed by atoms with Gasteiger partial charge in [-0.25, -0.2) is 0 Å². The molecule has 0 fully saturated rings. The Morgan fingerprint density at radius 3 is 2.33 bits per heavy atom. The minimum atomic E-state index is -0.567. The molecule has 3 N–H and O–H groups in total. The summed E-state index contributed by atoms with van der Waals surface area (Å²) < 4.78 is 1.09. The summed E-state index contributed by atoms with van der Waals surface area (Å²) in [5, 5.41) is 8.35. The third kappa shape index (κ3) is 4.92. The van der Waals surface area contributed by atoms with Crippen LogP contribution in [0.25, 0.3) is 0 Å². The topological polar surface area (TPSA) is 46.2 Å². The van der Waals surface area contributed by atoms with Crippen LogP contribution in [-0.2, 0) is 0 Å². The third-order valence-corrected chi connectivity index (χ3v) is 1.16. The molecule has 0 aromatic heterocycles. The predicted molar refractivity (Wildman–Crippen MR) is 25.4 cm³/mol. The van der Waals surface area contributed by atoms with E-state index in [9.17, 15) is 0 Å². The Morgan fingerprint density at radius 2 is 2.33 bits per heavy atom. The van der Waals surface area contributed by atoms with Crippen molar-refractivity contribution < 1.29 is 5.11 Å². The van der Waals surface area contributed by atoms with Crippen LogP contribution in [0.3, 0.4) is 0 Å². The molecule has 0 aliphatic heterocycles. The SMILES string of the molecule is NC(O)C[CH2][Na]. The van der Waals surface area contributed by atoms with Crippen LogP contribution < -0.4 is 5.73 Å². The van der Waals surface area contributed by atoms with Crippen molar-refractivity contribution >= 4 is 27.9 Å². The third-order valence-electron chi connectivity index (χ3n) is 0.584. The Labute approximate surface area is 55.1 Å². The van der Waals surface area contributed by atoms with Crippen molar-refractivity contribution in [2.24, 2.45) is 5.73 Å². The van der Waals surface area contributed by atoms with Crippen LogP contribution in [0.2, 0.25) is 3.67 Å². The molecule has 0 spiro atoms. The summed E-state index contributed by atoms with van der Waals surface area (Å²) >= 11 is 1.15. The Balaban J connectivity index is 2.63. The van der Waals surface area contributed by atoms with Gasteiger partial charge in [-0.15, -0.1) is 0 Å². The first-order chi connectivity index (χ1) is 2.77. The van der Waals surface area contributed by atoms with Crippen molar-refractivity contribution in [3.05, 3.63) is 0 Å². The van der Waals surface area contributed by atoms with Gasteiger partial charge in [0.1, 0.15) is 0 Å². The van der Waals surface area contributed by atoms with Crippen LogP contribution in [0.4, 0.5) is 0 Å². The number of rotatable bonds is 2. The molecule has 6 heavy (non-hydrogen) atoms. The van der Waals surface area contributed by atoms with Gasteiger partial charge < -0.3 is 0 Å². The zero-order valence-electron chi connectivity index (χ0n) is 4.02. The van der Waals surface area contributed by atoms with Crippen LogP contribution in [0.1, 0.15) is 6.42 Å². The van der Waals surface area contributed by atoms with E-state index in [1.54, 1.807) is 0 Å². The van der Waals surface area contributed by atoms with Gasteiger partial charge in [-0.05, 0) is 0 Å². The molecule has 0 saturated heterocycles. The van der Waals surface area contributed by atoms with Gasteiger partial charge in [0.2, 0.25) is 0 Å². The van der Waals surface area contributed by atoms with E-state index in [2.05, 4.69) is 0 Å². The molecule has 0 aliphatic rings. The number of nitrogens with two attached hydrogens (primary N) is 1. The van der Waals surface area contributed by atoms with Gasteiger partial charge in [-0.1, -0.05) is 0 Å². The van der Waals surface area contributed by atoms with Crippen molar-refractivity contribution in [3.8, 4) is 0 Å². The normalized spacial score (nSPS) is 14.7. The fourth-order valence-corrected chi connectivity index (χ4v) is 0.887. The molecule has 0 saturated carbocycles. The van der Waals surface area contributed by atoms with Gasteiger partial charge in [0, 0.05) is 0 Å². The fourth-order valence-electron chi connectivity index (χ4n) is 0.296. The van der Waals surface area contributed by atoms with Crippen LogP contribution >= 0.6 is 0 Å². The molecule has 0 radical (unpaired) electrons. The first kappa shape index (κ1) is 6.92. The average molecular weight is 97.1 g/mol. The Hall–Kier alpha value is 0.920. The van der Waals surface area contributed by atoms with E-state index in [0.717, 1.165) is 38.0 Å². The standard InChI is InChI=1S/C3H8NO.Na/c1-2-3(4)5;/h3,5H,1-2,4H2;. The van der Waals surface area contributed by atoms with Crippen molar-refractivity contribution in [3.63, 3.8) is 0 Å². The molecule has 0 bridgehead atoms. The molecule has 0 aromatic carbocycles. The summed E-state index contributed by atoms with van der Waals surface area (Å²) in [7, 11) is 0. The molecule has 0 rings (SSSR count). The van der Waals surface area contributed by atoms with Crippen molar-refractivity contribution in [1.29, 1.82) is 0 Å². The van der Waals surface area contributed by atoms with Crippen LogP contribution in [0, 0.1) is 0 Å². The van der Waals surface area contributed by atoms with Crippen molar-refractivity contribution in [1.82, 2.24) is 0 Å². The van der Waals surface area contributed by atoms with E-state index >= 15 is 0 Å². The molecule has 0 aromatic rings. The quantitative estimate of drug-likeness (QED) is 0.351. The maximum atomic E-state index is 8.35. The first-order valence-corrected chi connectivity index (χ1v) is 3.62. The van der Waals surface area contributed by atoms with E-state index in [-0.39, 0.29) is 0 Å². The second-order valence-corrected chi connectivity index (χ2v) is 2.36. The summed E-state index contributed by atoms with van der Waals surface area (Å²) in [5.41, 5.74) is 4.98. The molecule has 0 heterocycles. The number of aliphatic hydroxyl groups excluding tert-OH is 1. The Kier molecular flexibility index (Phi) is 4.72. The predicted octanol–water partition coefficient (Wildman–Crippen LogP) is -0.760. The molecule has 1 atom stereocenters. The molecule has 2 nitrogen and oxygen atoms in total. The second-order valence-electron chi connectivity index (χ2n) is 1.36. The molecule has 1 unspecified atom stereocenters. The molecular formula is C3H8NNaO. The summed E-state index contributed by atoms with van der Waals surface area (Å²) in [4.78, 5) is 0. The zero-order chi connectivity index (χ0) is 4.99. The molecule has 3 heteroatoms. The van der Waals surface area contributed by atoms with Gasteiger partial charge in [0.15, 0.2) is 0 Å². The van der Waals surface area contributed by atoms with Crippen molar-refractivity contribution in [2.45, 2.75) is 16.3 Å². The summed E-state index contributed by atoms with van der Waals surface area (Å²) in [6.07, 6.45) is 0.203. The van der Waals surface area contributed by atoms with E-state index in [1.807, 2.05) is 0 Å². The molecule has 0 aliphatic carbocycles. The van der Waals surface area contributed by atoms with E-state index in [1.165, 1.54) is 0 Å². The van der Waals surface area contributed by atoms with Gasteiger partial charge in [-0.2, -0.15) is 0 Å². The maximum absolute atomic E-state index is 8.35. The molecule has 32 valence electrons. The molecule has 0 amide bonds. The second kappa shape index (κ2) is 4.09. The summed E-state index contributed by atoms with van der Waals surface area (Å²) in [6.45, 7) is 0. The Morgan fingerprint density at radius 1 is 1.83 bits per heavy atom. The molecular weight excluding hydrogens is 89.0 g/mol. The fraction of sp³-hybridized carbons (Fsp3) is 1.00. The first-order valence-electron chi connectivity index (χ1n) is 2.21.